The van der Waals surface area contributed by atoms with Crippen molar-refractivity contribution in [3.05, 3.63) is 106 Å². The van der Waals surface area contributed by atoms with Gasteiger partial charge in [0.05, 0.1) is 18.0 Å². The Morgan fingerprint density at radius 2 is 1.60 bits per heavy atom. The number of piperazine rings is 1. The molecule has 8 nitrogen and oxygen atoms in total. The zero-order chi connectivity index (χ0) is 33.7. The van der Waals surface area contributed by atoms with E-state index >= 15 is 0 Å². The highest BCUT2D eigenvalue weighted by Crippen LogP contribution is 2.34. The van der Waals surface area contributed by atoms with Crippen molar-refractivity contribution < 1.29 is 32.3 Å². The fourth-order valence-electron chi connectivity index (χ4n) is 6.49. The van der Waals surface area contributed by atoms with E-state index in [1.165, 1.54) is 4.90 Å². The lowest BCUT2D eigenvalue weighted by Gasteiger charge is -2.53. The molecule has 250 valence electrons. The number of carbonyl (C=O) groups is 3. The predicted octanol–water partition coefficient (Wildman–Crippen LogP) is 5.83. The molecular weight excluding hydrogens is 609 g/mol. The Balaban J connectivity index is 1.46. The molecule has 5 rings (SSSR count). The third-order valence-corrected chi connectivity index (χ3v) is 8.83. The average molecular weight is 651 g/mol. The fraction of sp³-hybridized carbons (Fsp3) is 0.417. The minimum absolute atomic E-state index is 0.0389. The third-order valence-electron chi connectivity index (χ3n) is 8.83. The van der Waals surface area contributed by atoms with Crippen LogP contribution in [0.5, 0.6) is 0 Å². The molecule has 3 aromatic rings. The smallest absolute Gasteiger partial charge is 0.416 e. The monoisotopic (exact) mass is 650 g/mol. The molecule has 0 saturated carbocycles. The quantitative estimate of drug-likeness (QED) is 0.279. The number of ether oxygens (including phenoxy) is 1. The van der Waals surface area contributed by atoms with E-state index in [1.807, 2.05) is 61.5 Å². The van der Waals surface area contributed by atoms with Crippen molar-refractivity contribution in [3.8, 4) is 0 Å². The van der Waals surface area contributed by atoms with Crippen LogP contribution >= 0.6 is 0 Å². The summed E-state index contributed by atoms with van der Waals surface area (Å²) in [5.41, 5.74) is 8.42. The van der Waals surface area contributed by atoms with Crippen LogP contribution in [0, 0.1) is 19.8 Å². The number of nitrogens with zero attached hydrogens (tertiary/aromatic N) is 3. The number of rotatable bonds is 10. The van der Waals surface area contributed by atoms with Crippen molar-refractivity contribution in [2.75, 3.05) is 19.6 Å². The van der Waals surface area contributed by atoms with Gasteiger partial charge in [-0.15, -0.1) is 0 Å². The maximum Gasteiger partial charge on any atom is 0.416 e. The lowest BCUT2D eigenvalue weighted by atomic mass is 9.90. The summed E-state index contributed by atoms with van der Waals surface area (Å²) in [5, 5.41) is 0. The molecule has 0 radical (unpaired) electrons. The Morgan fingerprint density at radius 3 is 2.28 bits per heavy atom. The van der Waals surface area contributed by atoms with E-state index in [0.717, 1.165) is 28.8 Å². The number of benzene rings is 3. The first-order valence-corrected chi connectivity index (χ1v) is 16.0. The Labute approximate surface area is 273 Å². The van der Waals surface area contributed by atoms with E-state index in [1.54, 1.807) is 22.8 Å². The SMILES string of the molecule is Cc1ccc(C[C@@H]2CN(C(=O)OCc3cc(C)cc(C(F)(F)F)c3)[C@H]3CN(Cc4ccccc4)C(=O)[C@H](CCCCN)N3C2=O)cc1. The molecule has 0 aliphatic carbocycles. The Hall–Kier alpha value is -4.38. The van der Waals surface area contributed by atoms with Crippen LogP contribution in [0.2, 0.25) is 0 Å². The second kappa shape index (κ2) is 14.6. The van der Waals surface area contributed by atoms with E-state index in [4.69, 9.17) is 10.5 Å². The molecule has 0 bridgehead atoms. The normalized spacial score (nSPS) is 20.0. The number of halogens is 3. The molecule has 0 spiro atoms. The number of aryl methyl sites for hydroxylation is 2. The summed E-state index contributed by atoms with van der Waals surface area (Å²) in [6, 6.07) is 20.0. The number of amides is 3. The van der Waals surface area contributed by atoms with Crippen LogP contribution in [0.25, 0.3) is 0 Å². The molecule has 2 aliphatic heterocycles. The topological polar surface area (TPSA) is 96.2 Å². The molecule has 11 heteroatoms. The molecular formula is C36H41F3N4O4. The van der Waals surface area contributed by atoms with Crippen molar-refractivity contribution >= 4 is 17.9 Å². The summed E-state index contributed by atoms with van der Waals surface area (Å²) in [7, 11) is 0. The minimum Gasteiger partial charge on any atom is -0.444 e. The van der Waals surface area contributed by atoms with Gasteiger partial charge in [-0.05, 0) is 74.9 Å². The molecule has 2 saturated heterocycles. The molecule has 2 heterocycles. The highest BCUT2D eigenvalue weighted by atomic mass is 19.4. The molecule has 2 aliphatic rings. The highest BCUT2D eigenvalue weighted by molar-refractivity contribution is 5.91. The van der Waals surface area contributed by atoms with Crippen LogP contribution in [0.15, 0.2) is 72.8 Å². The third kappa shape index (κ3) is 8.13. The van der Waals surface area contributed by atoms with Crippen LogP contribution in [-0.2, 0) is 40.1 Å². The maximum absolute atomic E-state index is 14.2. The summed E-state index contributed by atoms with van der Waals surface area (Å²) < 4.78 is 46.1. The van der Waals surface area contributed by atoms with Gasteiger partial charge in [-0.3, -0.25) is 14.5 Å². The first-order valence-electron chi connectivity index (χ1n) is 16.0. The fourth-order valence-corrected chi connectivity index (χ4v) is 6.49. The number of fused-ring (bicyclic) bond motifs is 1. The molecule has 3 amide bonds. The van der Waals surface area contributed by atoms with Crippen molar-refractivity contribution in [2.45, 2.75) is 71.1 Å². The van der Waals surface area contributed by atoms with Crippen molar-refractivity contribution in [1.29, 1.82) is 0 Å². The van der Waals surface area contributed by atoms with Crippen LogP contribution < -0.4 is 5.73 Å². The number of hydrogen-bond donors (Lipinski definition) is 1. The van der Waals surface area contributed by atoms with Crippen molar-refractivity contribution in [1.82, 2.24) is 14.7 Å². The number of nitrogens with two attached hydrogens (primary N) is 1. The van der Waals surface area contributed by atoms with E-state index in [0.29, 0.717) is 44.3 Å². The number of carbonyl (C=O) groups excluding carboxylic acids is 3. The van der Waals surface area contributed by atoms with E-state index in [-0.39, 0.29) is 37.1 Å². The molecule has 3 aromatic carbocycles. The van der Waals surface area contributed by atoms with Gasteiger partial charge >= 0.3 is 12.3 Å². The molecule has 0 aromatic heterocycles. The summed E-state index contributed by atoms with van der Waals surface area (Å²) >= 11 is 0. The van der Waals surface area contributed by atoms with Gasteiger partial charge in [-0.25, -0.2) is 4.79 Å². The molecule has 0 unspecified atom stereocenters. The summed E-state index contributed by atoms with van der Waals surface area (Å²) in [5.74, 6) is -1.06. The first kappa shape index (κ1) is 34.0. The van der Waals surface area contributed by atoms with E-state index < -0.39 is 36.0 Å². The van der Waals surface area contributed by atoms with Crippen molar-refractivity contribution in [3.63, 3.8) is 0 Å². The second-order valence-electron chi connectivity index (χ2n) is 12.5. The van der Waals surface area contributed by atoms with E-state index in [2.05, 4.69) is 0 Å². The largest absolute Gasteiger partial charge is 0.444 e. The zero-order valence-electron chi connectivity index (χ0n) is 26.7. The van der Waals surface area contributed by atoms with Crippen molar-refractivity contribution in [2.24, 2.45) is 11.7 Å². The Morgan fingerprint density at radius 1 is 0.872 bits per heavy atom. The number of alkyl halides is 3. The first-order chi connectivity index (χ1) is 22.4. The molecule has 2 N–H and O–H groups in total. The Bertz CT molecular complexity index is 1560. The van der Waals surface area contributed by atoms with Crippen LogP contribution in [-0.4, -0.2) is 64.4 Å². The standard InChI is InChI=1S/C36H41F3N4O4/c1-24-11-13-26(14-12-24)18-29-21-42(35(46)47-23-28-16-25(2)17-30(19-28)36(37,38)39)32-22-41(20-27-8-4-3-5-9-27)34(45)31(10-6-7-15-40)43(32)33(29)44/h3-5,8-9,11-14,16-17,19,29,31-32H,6-7,10,15,18,20-23,40H2,1-2H3/t29-,31+,32-/m1/s1. The Kier molecular flexibility index (Phi) is 10.5. The number of unbranched alkanes of at least 4 members (excludes halogenated alkanes) is 1. The van der Waals surface area contributed by atoms with Crippen LogP contribution in [0.4, 0.5) is 18.0 Å². The van der Waals surface area contributed by atoms with Gasteiger partial charge in [0.25, 0.3) is 0 Å². The predicted molar refractivity (Wildman–Crippen MR) is 171 cm³/mol. The highest BCUT2D eigenvalue weighted by Gasteiger charge is 2.51. The number of hydrogen-bond acceptors (Lipinski definition) is 5. The van der Waals surface area contributed by atoms with Gasteiger partial charge < -0.3 is 20.3 Å². The zero-order valence-corrected chi connectivity index (χ0v) is 26.7. The van der Waals surface area contributed by atoms with Gasteiger partial charge in [0.1, 0.15) is 18.8 Å². The average Bonchev–Trinajstić information content (AvgIpc) is 3.03. The molecule has 47 heavy (non-hydrogen) atoms. The second-order valence-corrected chi connectivity index (χ2v) is 12.5. The van der Waals surface area contributed by atoms with Gasteiger partial charge in [-0.2, -0.15) is 13.2 Å². The summed E-state index contributed by atoms with van der Waals surface area (Å²) in [6.45, 7) is 3.99. The van der Waals surface area contributed by atoms with Gasteiger partial charge in [0.15, 0.2) is 0 Å². The maximum atomic E-state index is 14.2. The summed E-state index contributed by atoms with van der Waals surface area (Å²) in [4.78, 5) is 46.9. The lowest BCUT2D eigenvalue weighted by Crippen LogP contribution is -2.73. The molecule has 2 fully saturated rings. The van der Waals surface area contributed by atoms with E-state index in [9.17, 15) is 27.6 Å². The summed E-state index contributed by atoms with van der Waals surface area (Å²) in [6.07, 6.45) is -4.10. The van der Waals surface area contributed by atoms with Gasteiger partial charge in [0, 0.05) is 13.1 Å². The lowest BCUT2D eigenvalue weighted by molar-refractivity contribution is -0.173. The molecule has 3 atom stereocenters. The van der Waals surface area contributed by atoms with Gasteiger partial charge in [0.2, 0.25) is 11.8 Å². The van der Waals surface area contributed by atoms with Crippen LogP contribution in [0.1, 0.15) is 52.6 Å². The van der Waals surface area contributed by atoms with Gasteiger partial charge in [-0.1, -0.05) is 71.8 Å². The van der Waals surface area contributed by atoms with Crippen LogP contribution in [0.3, 0.4) is 0 Å². The minimum atomic E-state index is -4.54.